The van der Waals surface area contributed by atoms with Crippen molar-refractivity contribution in [2.24, 2.45) is 5.10 Å². The largest absolute Gasteiger partial charge is 0.376 e. The van der Waals surface area contributed by atoms with Crippen LogP contribution >= 0.6 is 0 Å². The van der Waals surface area contributed by atoms with E-state index in [4.69, 9.17) is 0 Å². The number of carbonyl (C=O) groups excluding carboxylic acids is 1. The lowest BCUT2D eigenvalue weighted by molar-refractivity contribution is -0.119. The number of hydrazone groups is 1. The predicted molar refractivity (Wildman–Crippen MR) is 76.2 cm³/mol. The zero-order valence-corrected chi connectivity index (χ0v) is 10.7. The Hall–Kier alpha value is -2.56. The van der Waals surface area contributed by atoms with Gasteiger partial charge in [0.1, 0.15) is 0 Å². The third-order valence-corrected chi connectivity index (χ3v) is 2.52. The number of aromatic amines is 1. The maximum Gasteiger partial charge on any atom is 0.259 e. The van der Waals surface area contributed by atoms with E-state index in [1.54, 1.807) is 12.4 Å². The number of benzene rings is 1. The van der Waals surface area contributed by atoms with Crippen LogP contribution in [-0.4, -0.2) is 23.7 Å². The molecule has 0 saturated carbocycles. The van der Waals surface area contributed by atoms with Crippen LogP contribution in [0.3, 0.4) is 0 Å². The molecule has 0 bridgehead atoms. The predicted octanol–water partition coefficient (Wildman–Crippen LogP) is 1.89. The highest BCUT2D eigenvalue weighted by Gasteiger charge is 1.98. The van der Waals surface area contributed by atoms with Crippen molar-refractivity contribution >= 4 is 17.8 Å². The number of hydrogen-bond donors (Lipinski definition) is 3. The highest BCUT2D eigenvalue weighted by atomic mass is 16.2. The van der Waals surface area contributed by atoms with E-state index in [2.05, 4.69) is 20.8 Å². The molecule has 2 rings (SSSR count). The van der Waals surface area contributed by atoms with Crippen molar-refractivity contribution in [1.29, 1.82) is 0 Å². The van der Waals surface area contributed by atoms with Crippen LogP contribution in [0.25, 0.3) is 0 Å². The van der Waals surface area contributed by atoms with Gasteiger partial charge in [0, 0.05) is 11.9 Å². The molecule has 1 heterocycles. The minimum absolute atomic E-state index is 0.186. The Kier molecular flexibility index (Phi) is 4.34. The van der Waals surface area contributed by atoms with Crippen molar-refractivity contribution in [2.75, 3.05) is 11.9 Å². The molecule has 5 nitrogen and oxygen atoms in total. The minimum Gasteiger partial charge on any atom is -0.376 e. The van der Waals surface area contributed by atoms with Gasteiger partial charge in [-0.3, -0.25) is 4.79 Å². The second kappa shape index (κ2) is 6.39. The summed E-state index contributed by atoms with van der Waals surface area (Å²) >= 11 is 0. The Bertz CT molecular complexity index is 543. The van der Waals surface area contributed by atoms with Crippen LogP contribution in [0.2, 0.25) is 0 Å². The number of rotatable bonds is 5. The van der Waals surface area contributed by atoms with Gasteiger partial charge in [-0.25, -0.2) is 5.43 Å². The van der Waals surface area contributed by atoms with Crippen LogP contribution in [0.5, 0.6) is 0 Å². The topological polar surface area (TPSA) is 69.3 Å². The summed E-state index contributed by atoms with van der Waals surface area (Å²) in [5.74, 6) is -0.191. The number of nitrogens with zero attached hydrogens (tertiary/aromatic N) is 1. The van der Waals surface area contributed by atoms with E-state index in [-0.39, 0.29) is 12.5 Å². The molecule has 0 radical (unpaired) electrons. The van der Waals surface area contributed by atoms with Crippen molar-refractivity contribution < 1.29 is 4.79 Å². The minimum atomic E-state index is -0.191. The molecule has 1 aromatic carbocycles. The smallest absolute Gasteiger partial charge is 0.259 e. The first-order chi connectivity index (χ1) is 9.24. The lowest BCUT2D eigenvalue weighted by Crippen LogP contribution is -2.25. The van der Waals surface area contributed by atoms with Crippen LogP contribution < -0.4 is 10.7 Å². The van der Waals surface area contributed by atoms with Crippen LogP contribution in [-0.2, 0) is 4.79 Å². The number of anilines is 1. The van der Waals surface area contributed by atoms with Gasteiger partial charge in [0.2, 0.25) is 0 Å². The number of H-pyrrole nitrogens is 1. The second-order valence-corrected chi connectivity index (χ2v) is 4.14. The van der Waals surface area contributed by atoms with Gasteiger partial charge in [0.15, 0.2) is 0 Å². The Balaban J connectivity index is 1.74. The van der Waals surface area contributed by atoms with E-state index in [1.807, 2.05) is 43.3 Å². The quantitative estimate of drug-likeness (QED) is 0.564. The first-order valence-electron chi connectivity index (χ1n) is 6.00. The fourth-order valence-corrected chi connectivity index (χ4v) is 1.49. The Morgan fingerprint density at radius 2 is 2.11 bits per heavy atom. The Morgan fingerprint density at radius 1 is 1.32 bits per heavy atom. The van der Waals surface area contributed by atoms with E-state index >= 15 is 0 Å². The number of aryl methyl sites for hydroxylation is 1. The average Bonchev–Trinajstić information content (AvgIpc) is 2.91. The van der Waals surface area contributed by atoms with Crippen LogP contribution in [0.1, 0.15) is 11.3 Å². The summed E-state index contributed by atoms with van der Waals surface area (Å²) < 4.78 is 0. The number of amides is 1. The number of nitrogens with one attached hydrogen (secondary N) is 3. The zero-order valence-electron chi connectivity index (χ0n) is 10.7. The van der Waals surface area contributed by atoms with Crippen molar-refractivity contribution in [3.8, 4) is 0 Å². The fraction of sp³-hybridized carbons (Fsp3) is 0.143. The Labute approximate surface area is 111 Å². The van der Waals surface area contributed by atoms with E-state index in [9.17, 15) is 4.79 Å². The van der Waals surface area contributed by atoms with Gasteiger partial charge in [0.05, 0.1) is 18.5 Å². The van der Waals surface area contributed by atoms with Gasteiger partial charge in [-0.1, -0.05) is 17.7 Å². The first-order valence-corrected chi connectivity index (χ1v) is 6.00. The molecule has 1 aromatic heterocycles. The summed E-state index contributed by atoms with van der Waals surface area (Å²) in [4.78, 5) is 14.5. The molecule has 0 aliphatic carbocycles. The standard InChI is InChI=1S/C14H16N4O/c1-11-4-6-12(7-5-11)16-10-14(19)18-17-9-13-3-2-8-15-13/h2-9,15-16H,10H2,1H3,(H,18,19)/b17-9+. The normalized spacial score (nSPS) is 10.6. The van der Waals surface area contributed by atoms with Gasteiger partial charge in [-0.15, -0.1) is 0 Å². The number of aromatic nitrogens is 1. The third kappa shape index (κ3) is 4.31. The van der Waals surface area contributed by atoms with E-state index < -0.39 is 0 Å². The maximum absolute atomic E-state index is 11.5. The first kappa shape index (κ1) is 12.9. The number of carbonyl (C=O) groups is 1. The molecule has 0 unspecified atom stereocenters. The molecule has 0 aliphatic heterocycles. The van der Waals surface area contributed by atoms with Gasteiger partial charge in [0.25, 0.3) is 5.91 Å². The molecule has 0 atom stereocenters. The molecule has 19 heavy (non-hydrogen) atoms. The van der Waals surface area contributed by atoms with Gasteiger partial charge < -0.3 is 10.3 Å². The van der Waals surface area contributed by atoms with Crippen LogP contribution in [0, 0.1) is 6.92 Å². The lowest BCUT2D eigenvalue weighted by Gasteiger charge is -2.05. The molecule has 0 spiro atoms. The average molecular weight is 256 g/mol. The van der Waals surface area contributed by atoms with Crippen molar-refractivity contribution in [3.63, 3.8) is 0 Å². The lowest BCUT2D eigenvalue weighted by atomic mass is 10.2. The molecule has 98 valence electrons. The molecule has 1 amide bonds. The van der Waals surface area contributed by atoms with E-state index in [0.717, 1.165) is 11.4 Å². The molecule has 2 aromatic rings. The Morgan fingerprint density at radius 3 is 2.79 bits per heavy atom. The molecular weight excluding hydrogens is 240 g/mol. The molecule has 0 aliphatic rings. The molecule has 0 fully saturated rings. The summed E-state index contributed by atoms with van der Waals surface area (Å²) in [5, 5.41) is 6.87. The highest BCUT2D eigenvalue weighted by Crippen LogP contribution is 2.07. The zero-order chi connectivity index (χ0) is 13.5. The maximum atomic E-state index is 11.5. The SMILES string of the molecule is Cc1ccc(NCC(=O)N/N=C/c2ccc[nH]2)cc1. The summed E-state index contributed by atoms with van der Waals surface area (Å²) in [6.45, 7) is 2.21. The second-order valence-electron chi connectivity index (χ2n) is 4.14. The van der Waals surface area contributed by atoms with E-state index in [0.29, 0.717) is 0 Å². The van der Waals surface area contributed by atoms with E-state index in [1.165, 1.54) is 5.56 Å². The monoisotopic (exact) mass is 256 g/mol. The molecule has 3 N–H and O–H groups in total. The van der Waals surface area contributed by atoms with Crippen LogP contribution in [0.15, 0.2) is 47.7 Å². The van der Waals surface area contributed by atoms with Crippen molar-refractivity contribution in [1.82, 2.24) is 10.4 Å². The van der Waals surface area contributed by atoms with Crippen molar-refractivity contribution in [2.45, 2.75) is 6.92 Å². The molecule has 0 saturated heterocycles. The van der Waals surface area contributed by atoms with Crippen LogP contribution in [0.4, 0.5) is 5.69 Å². The summed E-state index contributed by atoms with van der Waals surface area (Å²) in [6.07, 6.45) is 3.35. The van der Waals surface area contributed by atoms with Crippen molar-refractivity contribution in [3.05, 3.63) is 53.9 Å². The third-order valence-electron chi connectivity index (χ3n) is 2.52. The van der Waals surface area contributed by atoms with Gasteiger partial charge in [-0.2, -0.15) is 5.10 Å². The molecule has 5 heteroatoms. The van der Waals surface area contributed by atoms with Gasteiger partial charge in [-0.05, 0) is 31.2 Å². The summed E-state index contributed by atoms with van der Waals surface area (Å²) in [5.41, 5.74) is 5.39. The fourth-order valence-electron chi connectivity index (χ4n) is 1.49. The highest BCUT2D eigenvalue weighted by molar-refractivity contribution is 5.83. The van der Waals surface area contributed by atoms with Gasteiger partial charge >= 0.3 is 0 Å². The molecular formula is C14H16N4O. The summed E-state index contributed by atoms with van der Waals surface area (Å²) in [6, 6.07) is 11.6. The summed E-state index contributed by atoms with van der Waals surface area (Å²) in [7, 11) is 0. The number of hydrogen-bond acceptors (Lipinski definition) is 3.